The van der Waals surface area contributed by atoms with Crippen LogP contribution in [-0.4, -0.2) is 226 Å². The smallest absolute Gasteiger partial charge is 0.246 e. The molecule has 0 aromatic heterocycles. The van der Waals surface area contributed by atoms with Crippen LogP contribution in [0.25, 0.3) is 0 Å². The van der Waals surface area contributed by atoms with Gasteiger partial charge in [-0.25, -0.2) is 0 Å². The molecule has 2 unspecified atom stereocenters. The second-order valence-corrected chi connectivity index (χ2v) is 26.3. The van der Waals surface area contributed by atoms with E-state index >= 15 is 9.59 Å². The lowest BCUT2D eigenvalue weighted by Gasteiger charge is -2.41. The summed E-state index contributed by atoms with van der Waals surface area (Å²) in [5, 5.41) is 23.2. The molecule has 1 saturated heterocycles. The lowest BCUT2D eigenvalue weighted by atomic mass is 9.91. The molecule has 2 rings (SSSR count). The number of rotatable bonds is 16. The van der Waals surface area contributed by atoms with Gasteiger partial charge in [-0.3, -0.25) is 52.7 Å². The quantitative estimate of drug-likeness (QED) is 0.148. The zero-order valence-electron chi connectivity index (χ0n) is 57.6. The SMILES string of the molecule is C/C=C/C[C@@H](C)[C@@H](O)[C@H]1C(=O)NC(CC)C(=O)N(C)CC(=O)N(CC)C(Cc2ccccc2)C(=O)N[C@@H](C(C)C)C(=O)N(C)[C@@H](CC(C)C)C(=O)N[C@@H](C)C(=O)N[C@H](C)C(=O)N(C)[C@@H](CC(C)C)C(=O)N(C)[C@@H](CC(C)C)C(=O)N(C)[C@@H](C(C)C)C(=O)N1C. The molecule has 1 heterocycles. The predicted octanol–water partition coefficient (Wildman–Crippen LogP) is 3.86. The Morgan fingerprint density at radius 2 is 0.989 bits per heavy atom. The summed E-state index contributed by atoms with van der Waals surface area (Å²) in [6, 6.07) is -3.61. The first-order chi connectivity index (χ1) is 41.4. The van der Waals surface area contributed by atoms with E-state index in [1.807, 2.05) is 47.6 Å². The van der Waals surface area contributed by atoms with Crippen LogP contribution in [0.3, 0.4) is 0 Å². The number of hydrogen-bond donors (Lipinski definition) is 5. The van der Waals surface area contributed by atoms with Crippen molar-refractivity contribution < 1.29 is 57.8 Å². The number of amides is 11. The minimum absolute atomic E-state index is 0.00149. The summed E-state index contributed by atoms with van der Waals surface area (Å²) >= 11 is 0. The summed E-state index contributed by atoms with van der Waals surface area (Å²) in [6.45, 7) is 27.3. The van der Waals surface area contributed by atoms with Gasteiger partial charge in [0.1, 0.15) is 60.4 Å². The number of hydrogen-bond acceptors (Lipinski definition) is 12. The van der Waals surface area contributed by atoms with Gasteiger partial charge in [-0.05, 0) is 101 Å². The Kier molecular flexibility index (Phi) is 31.7. The van der Waals surface area contributed by atoms with Gasteiger partial charge >= 0.3 is 0 Å². The molecule has 5 N–H and O–H groups in total. The fraction of sp³-hybridized carbons (Fsp3) is 0.712. The molecule has 89 heavy (non-hydrogen) atoms. The molecule has 23 heteroatoms. The molecule has 1 aromatic rings. The first kappa shape index (κ1) is 78.2. The largest absolute Gasteiger partial charge is 0.390 e. The average molecular weight is 1250 g/mol. The molecule has 1 aliphatic heterocycles. The van der Waals surface area contributed by atoms with Crippen LogP contribution in [0.4, 0.5) is 0 Å². The van der Waals surface area contributed by atoms with Crippen molar-refractivity contribution in [2.24, 2.45) is 35.5 Å². The molecule has 11 amide bonds. The van der Waals surface area contributed by atoms with Gasteiger partial charge in [-0.1, -0.05) is 126 Å². The standard InChI is InChI=1S/C66H111N11O12/c1-23-26-30-43(14)56(79)55-60(83)69-47(24-2)62(85)71(17)37-52(78)77(25-3)49(36-46-31-28-27-29-32-46)59(82)70-53(41(10)11)65(88)72(18)48(33-38(4)5)58(81)67-44(15)57(80)68-45(16)61(84)73(19)50(34-39(6)7)63(86)74(20)51(35-40(8)9)64(87)75(21)54(42(12)13)66(89)76(55)22/h23,26-29,31-32,38-45,47-51,53-56,79H,24-25,30,33-37H2,1-22H3,(H,67,81)(H,68,80)(H,69,83)(H,70,82)/b26-23+/t43-,44+,45-,47?,48+,49?,50+,51+,53+,54+,55+,56-/m1/s1. The van der Waals surface area contributed by atoms with Gasteiger partial charge in [0.25, 0.3) is 0 Å². The Morgan fingerprint density at radius 3 is 1.47 bits per heavy atom. The number of carbonyl (C=O) groups excluding carboxylic acids is 11. The van der Waals surface area contributed by atoms with Crippen LogP contribution >= 0.6 is 0 Å². The number of carbonyl (C=O) groups is 11. The highest BCUT2D eigenvalue weighted by atomic mass is 16.3. The monoisotopic (exact) mass is 1250 g/mol. The zero-order chi connectivity index (χ0) is 68.2. The van der Waals surface area contributed by atoms with E-state index < -0.39 is 156 Å². The Labute approximate surface area is 531 Å². The van der Waals surface area contributed by atoms with E-state index in [0.29, 0.717) is 12.0 Å². The molecule has 0 aliphatic carbocycles. The van der Waals surface area contributed by atoms with E-state index in [1.165, 1.54) is 80.6 Å². The van der Waals surface area contributed by atoms with Crippen LogP contribution in [0.2, 0.25) is 0 Å². The third-order valence-corrected chi connectivity index (χ3v) is 16.8. The molecule has 1 aromatic carbocycles. The van der Waals surface area contributed by atoms with Crippen molar-refractivity contribution in [1.82, 2.24) is 55.6 Å². The van der Waals surface area contributed by atoms with Gasteiger partial charge < -0.3 is 60.7 Å². The van der Waals surface area contributed by atoms with Gasteiger partial charge in [0.15, 0.2) is 0 Å². The van der Waals surface area contributed by atoms with Crippen molar-refractivity contribution in [3.05, 3.63) is 48.0 Å². The molecule has 12 atom stereocenters. The highest BCUT2D eigenvalue weighted by molar-refractivity contribution is 5.99. The fourth-order valence-electron chi connectivity index (χ4n) is 11.4. The van der Waals surface area contributed by atoms with Gasteiger partial charge in [0, 0.05) is 55.3 Å². The van der Waals surface area contributed by atoms with Crippen LogP contribution in [0.15, 0.2) is 42.5 Å². The Morgan fingerprint density at radius 1 is 0.517 bits per heavy atom. The summed E-state index contributed by atoms with van der Waals surface area (Å²) in [7, 11) is 8.51. The molecule has 502 valence electrons. The van der Waals surface area contributed by atoms with E-state index in [9.17, 15) is 48.3 Å². The maximum Gasteiger partial charge on any atom is 0.246 e. The third-order valence-electron chi connectivity index (χ3n) is 16.8. The van der Waals surface area contributed by atoms with Crippen molar-refractivity contribution in [3.8, 4) is 0 Å². The predicted molar refractivity (Wildman–Crippen MR) is 344 cm³/mol. The van der Waals surface area contributed by atoms with Crippen molar-refractivity contribution in [1.29, 1.82) is 0 Å². The summed E-state index contributed by atoms with van der Waals surface area (Å²) in [6.07, 6.45) is 2.84. The lowest BCUT2D eigenvalue weighted by molar-refractivity contribution is -0.157. The van der Waals surface area contributed by atoms with E-state index in [4.69, 9.17) is 0 Å². The molecular weight excluding hydrogens is 1140 g/mol. The topological polar surface area (TPSA) is 279 Å². The maximum absolute atomic E-state index is 15.2. The number of allylic oxidation sites excluding steroid dienone is 2. The number of likely N-dealkylation sites (N-methyl/N-ethyl adjacent to an activating group) is 7. The fourth-order valence-corrected chi connectivity index (χ4v) is 11.4. The number of aliphatic hydroxyl groups is 1. The van der Waals surface area contributed by atoms with Crippen LogP contribution in [0.1, 0.15) is 148 Å². The summed E-state index contributed by atoms with van der Waals surface area (Å²) in [4.78, 5) is 170. The first-order valence-electron chi connectivity index (χ1n) is 31.8. The van der Waals surface area contributed by atoms with Crippen molar-refractivity contribution >= 4 is 65.0 Å². The normalized spacial score (nSPS) is 26.1. The minimum Gasteiger partial charge on any atom is -0.390 e. The molecule has 1 aliphatic rings. The van der Waals surface area contributed by atoms with Crippen LogP contribution < -0.4 is 21.3 Å². The highest BCUT2D eigenvalue weighted by Crippen LogP contribution is 2.26. The van der Waals surface area contributed by atoms with E-state index in [0.717, 1.165) is 9.80 Å². The van der Waals surface area contributed by atoms with Crippen molar-refractivity contribution in [2.75, 3.05) is 55.4 Å². The molecule has 1 fully saturated rings. The van der Waals surface area contributed by atoms with Crippen molar-refractivity contribution in [2.45, 2.75) is 216 Å². The average Bonchev–Trinajstić information content (AvgIpc) is 1.07. The molecule has 23 nitrogen and oxygen atoms in total. The molecule has 0 bridgehead atoms. The lowest BCUT2D eigenvalue weighted by Crippen LogP contribution is -2.63. The van der Waals surface area contributed by atoms with Gasteiger partial charge in [0.05, 0.1) is 12.6 Å². The maximum atomic E-state index is 15.2. The van der Waals surface area contributed by atoms with E-state index in [2.05, 4.69) is 21.3 Å². The number of benzene rings is 1. The first-order valence-corrected chi connectivity index (χ1v) is 31.8. The zero-order valence-corrected chi connectivity index (χ0v) is 57.6. The van der Waals surface area contributed by atoms with Crippen LogP contribution in [0, 0.1) is 35.5 Å². The Balaban J connectivity index is 3.03. The molecule has 0 saturated carbocycles. The number of nitrogens with one attached hydrogen (secondary N) is 4. The summed E-state index contributed by atoms with van der Waals surface area (Å²) in [5.74, 6) is -9.72. The second-order valence-electron chi connectivity index (χ2n) is 26.3. The molecule has 0 spiro atoms. The summed E-state index contributed by atoms with van der Waals surface area (Å²) < 4.78 is 0. The highest BCUT2D eigenvalue weighted by Gasteiger charge is 2.46. The Bertz CT molecular complexity index is 2600. The Hall–Kier alpha value is -6.91. The molecule has 0 radical (unpaired) electrons. The van der Waals surface area contributed by atoms with Gasteiger partial charge in [-0.15, -0.1) is 0 Å². The van der Waals surface area contributed by atoms with Gasteiger partial charge in [0.2, 0.25) is 65.0 Å². The van der Waals surface area contributed by atoms with Crippen molar-refractivity contribution in [3.63, 3.8) is 0 Å². The number of nitrogens with zero attached hydrogens (tertiary/aromatic N) is 7. The van der Waals surface area contributed by atoms with Crippen LogP contribution in [-0.2, 0) is 59.2 Å². The third kappa shape index (κ3) is 21.6. The second kappa shape index (κ2) is 36.1. The van der Waals surface area contributed by atoms with E-state index in [1.54, 1.807) is 91.8 Å². The van der Waals surface area contributed by atoms with Gasteiger partial charge in [-0.2, -0.15) is 0 Å². The summed E-state index contributed by atoms with van der Waals surface area (Å²) in [5.41, 5.74) is 0.685. The molecular formula is C66H111N11O12. The minimum atomic E-state index is -1.62. The number of aliphatic hydroxyl groups excluding tert-OH is 1. The van der Waals surface area contributed by atoms with Crippen LogP contribution in [0.5, 0.6) is 0 Å². The van der Waals surface area contributed by atoms with E-state index in [-0.39, 0.29) is 56.4 Å².